The number of hydrogen-bond acceptors (Lipinski definition) is 3. The summed E-state index contributed by atoms with van der Waals surface area (Å²) < 4.78 is 5.57. The number of carboxylic acid groups (broad SMARTS) is 1. The molecule has 0 heterocycles. The molecule has 4 nitrogen and oxygen atoms in total. The molecule has 0 aliphatic heterocycles. The van der Waals surface area contributed by atoms with Crippen LogP contribution in [0.4, 0.5) is 0 Å². The maximum Gasteiger partial charge on any atom is 0.327 e. The second-order valence-corrected chi connectivity index (χ2v) is 4.22. The van der Waals surface area contributed by atoms with Crippen LogP contribution in [-0.2, 0) is 4.79 Å². The third kappa shape index (κ3) is 3.46. The van der Waals surface area contributed by atoms with Crippen LogP contribution >= 0.6 is 0 Å². The molecule has 94 valence electrons. The number of ether oxygens (including phenoxy) is 1. The average molecular weight is 237 g/mol. The largest absolute Gasteiger partial charge is 0.491 e. The minimum Gasteiger partial charge on any atom is -0.491 e. The molecule has 0 saturated carbocycles. The zero-order chi connectivity index (χ0) is 12.9. The number of rotatable bonds is 6. The van der Waals surface area contributed by atoms with Crippen LogP contribution in [0.5, 0.6) is 5.75 Å². The van der Waals surface area contributed by atoms with Crippen LogP contribution in [-0.4, -0.2) is 29.8 Å². The lowest BCUT2D eigenvalue weighted by molar-refractivity contribution is -0.145. The highest BCUT2D eigenvalue weighted by Crippen LogP contribution is 2.18. The Balaban J connectivity index is 2.71. The molecular weight excluding hydrogens is 218 g/mol. The Bertz CT molecular complexity index is 392. The monoisotopic (exact) mass is 237 g/mol. The molecule has 1 unspecified atom stereocenters. The molecule has 0 bridgehead atoms. The molecule has 0 fully saturated rings. The van der Waals surface area contributed by atoms with E-state index in [1.54, 1.807) is 6.92 Å². The summed E-state index contributed by atoms with van der Waals surface area (Å²) in [6.07, 6.45) is 0. The number of likely N-dealkylation sites (N-methyl/N-ethyl adjacent to an activating group) is 1. The lowest BCUT2D eigenvalue weighted by Gasteiger charge is -2.26. The number of aliphatic carboxylic acids is 1. The van der Waals surface area contributed by atoms with Gasteiger partial charge in [0.2, 0.25) is 0 Å². The molecular formula is C13H19NO3. The Labute approximate surface area is 102 Å². The van der Waals surface area contributed by atoms with Crippen LogP contribution in [0.25, 0.3) is 0 Å². The Morgan fingerprint density at radius 3 is 2.65 bits per heavy atom. The van der Waals surface area contributed by atoms with Crippen molar-refractivity contribution in [1.82, 2.24) is 5.32 Å². The number of carboxylic acids is 1. The van der Waals surface area contributed by atoms with Crippen LogP contribution < -0.4 is 10.1 Å². The van der Waals surface area contributed by atoms with Gasteiger partial charge in [0.25, 0.3) is 0 Å². The summed E-state index contributed by atoms with van der Waals surface area (Å²) in [4.78, 5) is 11.2. The van der Waals surface area contributed by atoms with Gasteiger partial charge in [0, 0.05) is 0 Å². The molecule has 2 N–H and O–H groups in total. The number of hydrogen-bond donors (Lipinski definition) is 2. The fraction of sp³-hybridized carbons (Fsp3) is 0.462. The van der Waals surface area contributed by atoms with Crippen molar-refractivity contribution in [2.45, 2.75) is 26.3 Å². The Hall–Kier alpha value is -1.55. The third-order valence-electron chi connectivity index (χ3n) is 2.65. The summed E-state index contributed by atoms with van der Waals surface area (Å²) in [6.45, 7) is 6.10. The second kappa shape index (κ2) is 5.68. The van der Waals surface area contributed by atoms with Crippen LogP contribution in [0.3, 0.4) is 0 Å². The van der Waals surface area contributed by atoms with Crippen molar-refractivity contribution in [2.24, 2.45) is 0 Å². The van der Waals surface area contributed by atoms with Gasteiger partial charge < -0.3 is 9.84 Å². The van der Waals surface area contributed by atoms with E-state index in [9.17, 15) is 4.79 Å². The van der Waals surface area contributed by atoms with Gasteiger partial charge in [0.05, 0.1) is 0 Å². The minimum atomic E-state index is -1.06. The van der Waals surface area contributed by atoms with Crippen molar-refractivity contribution >= 4 is 5.97 Å². The Morgan fingerprint density at radius 2 is 2.12 bits per heavy atom. The fourth-order valence-corrected chi connectivity index (χ4v) is 1.52. The predicted molar refractivity (Wildman–Crippen MR) is 66.4 cm³/mol. The van der Waals surface area contributed by atoms with Crippen LogP contribution in [0.2, 0.25) is 0 Å². The number of para-hydroxylation sites is 1. The quantitative estimate of drug-likeness (QED) is 0.792. The van der Waals surface area contributed by atoms with Gasteiger partial charge in [-0.2, -0.15) is 0 Å². The van der Waals surface area contributed by atoms with Crippen molar-refractivity contribution in [2.75, 3.05) is 13.2 Å². The van der Waals surface area contributed by atoms with Crippen molar-refractivity contribution in [1.29, 1.82) is 0 Å². The van der Waals surface area contributed by atoms with E-state index in [-0.39, 0.29) is 6.61 Å². The standard InChI is InChI=1S/C13H19NO3/c1-4-14-13(3,12(15)16)9-17-11-8-6-5-7-10(11)2/h5-8,14H,4,9H2,1-3H3,(H,15,16). The summed E-state index contributed by atoms with van der Waals surface area (Å²) in [6, 6.07) is 7.56. The highest BCUT2D eigenvalue weighted by Gasteiger charge is 2.33. The van der Waals surface area contributed by atoms with E-state index in [0.29, 0.717) is 6.54 Å². The molecule has 0 aliphatic rings. The number of benzene rings is 1. The summed E-state index contributed by atoms with van der Waals surface area (Å²) in [5.41, 5.74) is -0.0615. The topological polar surface area (TPSA) is 58.6 Å². The molecule has 17 heavy (non-hydrogen) atoms. The van der Waals surface area contributed by atoms with Gasteiger partial charge in [-0.25, -0.2) is 0 Å². The summed E-state index contributed by atoms with van der Waals surface area (Å²) in [5.74, 6) is -0.189. The first-order chi connectivity index (χ1) is 7.99. The molecule has 0 aromatic heterocycles. The highest BCUT2D eigenvalue weighted by atomic mass is 16.5. The van der Waals surface area contributed by atoms with Crippen molar-refractivity contribution < 1.29 is 14.6 Å². The van der Waals surface area contributed by atoms with E-state index in [0.717, 1.165) is 11.3 Å². The van der Waals surface area contributed by atoms with Gasteiger partial charge in [-0.3, -0.25) is 10.1 Å². The van der Waals surface area contributed by atoms with E-state index in [1.165, 1.54) is 0 Å². The normalized spacial score (nSPS) is 14.1. The number of aryl methyl sites for hydroxylation is 1. The van der Waals surface area contributed by atoms with E-state index in [1.807, 2.05) is 38.1 Å². The van der Waals surface area contributed by atoms with E-state index in [4.69, 9.17) is 9.84 Å². The fourth-order valence-electron chi connectivity index (χ4n) is 1.52. The summed E-state index contributed by atoms with van der Waals surface area (Å²) in [5, 5.41) is 12.1. The van der Waals surface area contributed by atoms with Gasteiger partial charge >= 0.3 is 5.97 Å². The Morgan fingerprint density at radius 1 is 1.47 bits per heavy atom. The maximum atomic E-state index is 11.2. The van der Waals surface area contributed by atoms with E-state index >= 15 is 0 Å². The first kappa shape index (κ1) is 13.5. The Kier molecular flexibility index (Phi) is 4.52. The molecule has 1 atom stereocenters. The molecule has 0 aliphatic carbocycles. The van der Waals surface area contributed by atoms with E-state index < -0.39 is 11.5 Å². The van der Waals surface area contributed by atoms with Crippen LogP contribution in [0, 0.1) is 6.92 Å². The third-order valence-corrected chi connectivity index (χ3v) is 2.65. The second-order valence-electron chi connectivity index (χ2n) is 4.22. The smallest absolute Gasteiger partial charge is 0.327 e. The predicted octanol–water partition coefficient (Wildman–Crippen LogP) is 1.83. The average Bonchev–Trinajstić information content (AvgIpc) is 2.28. The molecule has 4 heteroatoms. The SMILES string of the molecule is CCNC(C)(COc1ccccc1C)C(=O)O. The van der Waals surface area contributed by atoms with Gasteiger partial charge in [-0.05, 0) is 32.0 Å². The minimum absolute atomic E-state index is 0.0982. The van der Waals surface area contributed by atoms with E-state index in [2.05, 4.69) is 5.32 Å². The summed E-state index contributed by atoms with van der Waals surface area (Å²) in [7, 11) is 0. The lowest BCUT2D eigenvalue weighted by atomic mass is 10.0. The molecule has 0 radical (unpaired) electrons. The number of nitrogens with one attached hydrogen (secondary N) is 1. The van der Waals surface area contributed by atoms with Crippen molar-refractivity contribution in [3.05, 3.63) is 29.8 Å². The van der Waals surface area contributed by atoms with Crippen LogP contribution in [0.15, 0.2) is 24.3 Å². The van der Waals surface area contributed by atoms with Crippen molar-refractivity contribution in [3.63, 3.8) is 0 Å². The van der Waals surface area contributed by atoms with Gasteiger partial charge in [-0.15, -0.1) is 0 Å². The molecule has 1 rings (SSSR count). The molecule has 0 amide bonds. The molecule has 1 aromatic carbocycles. The van der Waals surface area contributed by atoms with Crippen LogP contribution in [0.1, 0.15) is 19.4 Å². The first-order valence-corrected chi connectivity index (χ1v) is 5.66. The molecule has 0 spiro atoms. The van der Waals surface area contributed by atoms with Crippen molar-refractivity contribution in [3.8, 4) is 5.75 Å². The maximum absolute atomic E-state index is 11.2. The zero-order valence-corrected chi connectivity index (χ0v) is 10.5. The molecule has 1 aromatic rings. The van der Waals surface area contributed by atoms with Gasteiger partial charge in [0.1, 0.15) is 17.9 Å². The highest BCUT2D eigenvalue weighted by molar-refractivity contribution is 5.78. The van der Waals surface area contributed by atoms with Gasteiger partial charge in [0.15, 0.2) is 0 Å². The summed E-state index contributed by atoms with van der Waals surface area (Å²) >= 11 is 0. The number of carbonyl (C=O) groups is 1. The molecule has 0 saturated heterocycles. The lowest BCUT2D eigenvalue weighted by Crippen LogP contribution is -2.53. The van der Waals surface area contributed by atoms with Gasteiger partial charge in [-0.1, -0.05) is 25.1 Å². The first-order valence-electron chi connectivity index (χ1n) is 5.66. The zero-order valence-electron chi connectivity index (χ0n) is 10.5.